The Kier molecular flexibility index (Phi) is 3.90. The number of rotatable bonds is 5. The third kappa shape index (κ3) is 2.91. The Bertz CT molecular complexity index is 595. The lowest BCUT2D eigenvalue weighted by molar-refractivity contribution is -0.119. The van der Waals surface area contributed by atoms with Gasteiger partial charge >= 0.3 is 0 Å². The van der Waals surface area contributed by atoms with Crippen LogP contribution in [0.2, 0.25) is 0 Å². The fourth-order valence-corrected chi connectivity index (χ4v) is 2.80. The molecule has 1 aromatic carbocycles. The summed E-state index contributed by atoms with van der Waals surface area (Å²) in [6.07, 6.45) is 6.47. The van der Waals surface area contributed by atoms with Crippen LogP contribution >= 0.6 is 0 Å². The van der Waals surface area contributed by atoms with Gasteiger partial charge in [-0.2, -0.15) is 5.10 Å². The number of ether oxygens (including phenoxy) is 1. The molecule has 0 unspecified atom stereocenters. The number of fused-ring (bicyclic) bond motifs is 1. The molecular weight excluding hydrogens is 266 g/mol. The summed E-state index contributed by atoms with van der Waals surface area (Å²) in [5.41, 5.74) is 4.53. The number of hydrogen-bond acceptors (Lipinski definition) is 4. The van der Waals surface area contributed by atoms with Crippen molar-refractivity contribution < 1.29 is 9.53 Å². The van der Waals surface area contributed by atoms with Gasteiger partial charge in [0.2, 0.25) is 0 Å². The van der Waals surface area contributed by atoms with Crippen LogP contribution in [-0.4, -0.2) is 25.3 Å². The fraction of sp³-hybridized carbons (Fsp3) is 0.375. The van der Waals surface area contributed by atoms with Gasteiger partial charge in [-0.1, -0.05) is 24.3 Å². The van der Waals surface area contributed by atoms with Crippen molar-refractivity contribution in [2.24, 2.45) is 16.9 Å². The zero-order chi connectivity index (χ0) is 14.7. The first kappa shape index (κ1) is 13.7. The molecule has 0 heterocycles. The number of anilines is 1. The summed E-state index contributed by atoms with van der Waals surface area (Å²) in [7, 11) is 1.61. The third-order valence-electron chi connectivity index (χ3n) is 4.03. The van der Waals surface area contributed by atoms with Gasteiger partial charge in [-0.15, -0.1) is 0 Å². The molecule has 1 fully saturated rings. The quantitative estimate of drug-likeness (QED) is 0.644. The number of hydrazone groups is 1. The molecule has 2 aliphatic rings. The molecule has 0 spiro atoms. The molecule has 5 heteroatoms. The summed E-state index contributed by atoms with van der Waals surface area (Å²) in [6.45, 7) is 0.170. The summed E-state index contributed by atoms with van der Waals surface area (Å²) in [5, 5.41) is 7.28. The predicted octanol–water partition coefficient (Wildman–Crippen LogP) is 2.18. The highest BCUT2D eigenvalue weighted by molar-refractivity contribution is 5.95. The minimum absolute atomic E-state index is 0.150. The maximum absolute atomic E-state index is 11.8. The minimum atomic E-state index is -0.150. The molecule has 3 rings (SSSR count). The van der Waals surface area contributed by atoms with Gasteiger partial charge in [0, 0.05) is 11.6 Å². The molecule has 2 atom stereocenters. The van der Waals surface area contributed by atoms with Crippen molar-refractivity contribution in [3.05, 3.63) is 36.4 Å². The van der Waals surface area contributed by atoms with Crippen LogP contribution < -0.4 is 15.5 Å². The van der Waals surface area contributed by atoms with Crippen LogP contribution in [0.1, 0.15) is 12.8 Å². The zero-order valence-electron chi connectivity index (χ0n) is 12.0. The average Bonchev–Trinajstić information content (AvgIpc) is 2.87. The molecule has 5 nitrogen and oxygen atoms in total. The predicted molar refractivity (Wildman–Crippen MR) is 82.4 cm³/mol. The Balaban J connectivity index is 1.48. The van der Waals surface area contributed by atoms with E-state index in [4.69, 9.17) is 4.74 Å². The van der Waals surface area contributed by atoms with Gasteiger partial charge in [0.15, 0.2) is 0 Å². The largest absolute Gasteiger partial charge is 0.495 e. The fourth-order valence-electron chi connectivity index (χ4n) is 2.80. The average molecular weight is 285 g/mol. The number of benzene rings is 1. The second-order valence-electron chi connectivity index (χ2n) is 5.33. The SMILES string of the molecule is COc1ccccc1NCC(=O)N/N=C1/C[C@@H]2C=CC[C@H]12. The monoisotopic (exact) mass is 285 g/mol. The van der Waals surface area contributed by atoms with Gasteiger partial charge in [0.05, 0.1) is 19.3 Å². The van der Waals surface area contributed by atoms with Crippen LogP contribution in [0, 0.1) is 11.8 Å². The number of methoxy groups -OCH3 is 1. The van der Waals surface area contributed by atoms with E-state index >= 15 is 0 Å². The molecule has 110 valence electrons. The number of hydrogen-bond donors (Lipinski definition) is 2. The third-order valence-corrected chi connectivity index (χ3v) is 4.03. The van der Waals surface area contributed by atoms with Gasteiger partial charge < -0.3 is 10.1 Å². The molecule has 1 amide bonds. The summed E-state index contributed by atoms with van der Waals surface area (Å²) < 4.78 is 5.22. The molecule has 0 radical (unpaired) electrons. The molecule has 21 heavy (non-hydrogen) atoms. The Labute approximate surface area is 124 Å². The lowest BCUT2D eigenvalue weighted by Gasteiger charge is -2.31. The first-order valence-corrected chi connectivity index (χ1v) is 7.17. The normalized spacial score (nSPS) is 24.3. The van der Waals surface area contributed by atoms with Gasteiger partial charge in [-0.3, -0.25) is 4.79 Å². The number of para-hydroxylation sites is 2. The summed E-state index contributed by atoms with van der Waals surface area (Å²) in [4.78, 5) is 11.8. The standard InChI is InChI=1S/C16H19N3O2/c1-21-15-8-3-2-7-13(15)17-10-16(20)19-18-14-9-11-5-4-6-12(11)14/h2-5,7-8,11-12,17H,6,9-10H2,1H3,(H,19,20)/b18-14-/t11-,12-/m0/s1. The summed E-state index contributed by atoms with van der Waals surface area (Å²) in [5.74, 6) is 1.73. The van der Waals surface area contributed by atoms with E-state index in [0.29, 0.717) is 11.8 Å². The van der Waals surface area contributed by atoms with Gasteiger partial charge in [-0.25, -0.2) is 5.43 Å². The van der Waals surface area contributed by atoms with E-state index in [1.54, 1.807) is 7.11 Å². The molecular formula is C16H19N3O2. The van der Waals surface area contributed by atoms with Crippen LogP contribution in [0.15, 0.2) is 41.5 Å². The Morgan fingerprint density at radius 3 is 3.10 bits per heavy atom. The lowest BCUT2D eigenvalue weighted by atomic mass is 9.74. The van der Waals surface area contributed by atoms with Crippen molar-refractivity contribution in [3.8, 4) is 5.75 Å². The molecule has 0 saturated heterocycles. The van der Waals surface area contributed by atoms with Crippen molar-refractivity contribution in [3.63, 3.8) is 0 Å². The highest BCUT2D eigenvalue weighted by atomic mass is 16.5. The van der Waals surface area contributed by atoms with Crippen molar-refractivity contribution in [2.75, 3.05) is 19.0 Å². The second kappa shape index (κ2) is 5.99. The second-order valence-corrected chi connectivity index (χ2v) is 5.33. The molecule has 0 bridgehead atoms. The number of carbonyl (C=O) groups excluding carboxylic acids is 1. The van der Waals surface area contributed by atoms with E-state index in [1.165, 1.54) is 0 Å². The van der Waals surface area contributed by atoms with Crippen molar-refractivity contribution in [1.29, 1.82) is 0 Å². The number of amides is 1. The maximum Gasteiger partial charge on any atom is 0.259 e. The molecule has 1 aromatic rings. The minimum Gasteiger partial charge on any atom is -0.495 e. The van der Waals surface area contributed by atoms with E-state index in [1.807, 2.05) is 24.3 Å². The molecule has 0 aliphatic heterocycles. The smallest absolute Gasteiger partial charge is 0.259 e. The van der Waals surface area contributed by atoms with Crippen molar-refractivity contribution in [2.45, 2.75) is 12.8 Å². The van der Waals surface area contributed by atoms with E-state index in [9.17, 15) is 4.79 Å². The van der Waals surface area contributed by atoms with Crippen LogP contribution in [0.25, 0.3) is 0 Å². The van der Waals surface area contributed by atoms with Gasteiger partial charge in [-0.05, 0) is 30.9 Å². The number of nitrogens with one attached hydrogen (secondary N) is 2. The highest BCUT2D eigenvalue weighted by Crippen LogP contribution is 2.40. The van der Waals surface area contributed by atoms with E-state index in [2.05, 4.69) is 28.0 Å². The highest BCUT2D eigenvalue weighted by Gasteiger charge is 2.37. The molecule has 2 aliphatic carbocycles. The van der Waals surface area contributed by atoms with Gasteiger partial charge in [0.1, 0.15) is 5.75 Å². The Morgan fingerprint density at radius 1 is 1.43 bits per heavy atom. The number of carbonyl (C=O) groups is 1. The topological polar surface area (TPSA) is 62.7 Å². The van der Waals surface area contributed by atoms with Crippen molar-refractivity contribution >= 4 is 17.3 Å². The molecule has 1 saturated carbocycles. The maximum atomic E-state index is 11.8. The van der Waals surface area contributed by atoms with Crippen LogP contribution in [0.5, 0.6) is 5.75 Å². The first-order chi connectivity index (χ1) is 10.3. The van der Waals surface area contributed by atoms with Crippen LogP contribution in [-0.2, 0) is 4.79 Å². The van der Waals surface area contributed by atoms with Crippen LogP contribution in [0.3, 0.4) is 0 Å². The first-order valence-electron chi connectivity index (χ1n) is 7.17. The molecule has 2 N–H and O–H groups in total. The summed E-state index contributed by atoms with van der Waals surface area (Å²) in [6, 6.07) is 7.50. The van der Waals surface area contributed by atoms with Crippen molar-refractivity contribution in [1.82, 2.24) is 5.43 Å². The Hall–Kier alpha value is -2.30. The zero-order valence-corrected chi connectivity index (χ0v) is 12.0. The Morgan fingerprint density at radius 2 is 2.29 bits per heavy atom. The molecule has 0 aromatic heterocycles. The number of nitrogens with zero attached hydrogens (tertiary/aromatic N) is 1. The van der Waals surface area contributed by atoms with Gasteiger partial charge in [0.25, 0.3) is 5.91 Å². The lowest BCUT2D eigenvalue weighted by Crippen LogP contribution is -2.36. The number of allylic oxidation sites excluding steroid dienone is 2. The van der Waals surface area contributed by atoms with E-state index in [0.717, 1.165) is 30.0 Å². The van der Waals surface area contributed by atoms with E-state index in [-0.39, 0.29) is 12.5 Å². The van der Waals surface area contributed by atoms with Crippen LogP contribution in [0.4, 0.5) is 5.69 Å². The summed E-state index contributed by atoms with van der Waals surface area (Å²) >= 11 is 0. The van der Waals surface area contributed by atoms with E-state index < -0.39 is 0 Å².